The summed E-state index contributed by atoms with van der Waals surface area (Å²) < 4.78 is 0. The van der Waals surface area contributed by atoms with E-state index in [9.17, 15) is 0 Å². The molecule has 3 nitrogen and oxygen atoms in total. The monoisotopic (exact) mass is 251 g/mol. The second-order valence-corrected chi connectivity index (χ2v) is 3.71. The van der Waals surface area contributed by atoms with E-state index in [0.717, 1.165) is 5.56 Å². The Morgan fingerprint density at radius 3 is 2.50 bits per heavy atom. The molecule has 0 aliphatic rings. The van der Waals surface area contributed by atoms with Gasteiger partial charge in [-0.15, -0.1) is 0 Å². The van der Waals surface area contributed by atoms with Crippen molar-refractivity contribution in [1.82, 2.24) is 9.97 Å². The Hall–Kier alpha value is -1.45. The van der Waals surface area contributed by atoms with E-state index in [-0.39, 0.29) is 10.4 Å². The van der Waals surface area contributed by atoms with Crippen LogP contribution in [0, 0.1) is 0 Å². The summed E-state index contributed by atoms with van der Waals surface area (Å²) in [6.45, 7) is 0. The van der Waals surface area contributed by atoms with E-state index in [4.69, 9.17) is 23.2 Å². The average molecular weight is 252 g/mol. The van der Waals surface area contributed by atoms with Crippen molar-refractivity contribution in [2.75, 3.05) is 0 Å². The van der Waals surface area contributed by atoms with Crippen LogP contribution < -0.4 is 0 Å². The first-order valence-corrected chi connectivity index (χ1v) is 5.29. The van der Waals surface area contributed by atoms with Crippen molar-refractivity contribution < 1.29 is 0 Å². The zero-order valence-corrected chi connectivity index (χ0v) is 9.65. The van der Waals surface area contributed by atoms with E-state index in [1.165, 1.54) is 0 Å². The maximum atomic E-state index is 5.72. The molecule has 0 amide bonds. The summed E-state index contributed by atoms with van der Waals surface area (Å²) in [7, 11) is 0. The first-order valence-electron chi connectivity index (χ1n) is 4.53. The van der Waals surface area contributed by atoms with Gasteiger partial charge in [-0.25, -0.2) is 9.98 Å². The standard InChI is InChI=1S/C11H7Cl2N3/c12-9-6-10(16-11(13)15-9)14-7-8-4-2-1-3-5-8/h1-7H. The van der Waals surface area contributed by atoms with Gasteiger partial charge >= 0.3 is 0 Å². The second-order valence-electron chi connectivity index (χ2n) is 2.99. The molecule has 0 spiro atoms. The summed E-state index contributed by atoms with van der Waals surface area (Å²) in [6, 6.07) is 11.2. The molecule has 0 N–H and O–H groups in total. The number of aliphatic imine (C=N–C) groups is 1. The second kappa shape index (κ2) is 5.05. The number of rotatable bonds is 2. The van der Waals surface area contributed by atoms with E-state index in [2.05, 4.69) is 15.0 Å². The lowest BCUT2D eigenvalue weighted by molar-refractivity contribution is 1.15. The number of hydrogen-bond acceptors (Lipinski definition) is 3. The SMILES string of the molecule is Clc1cc(N=Cc2ccccc2)nc(Cl)n1. The lowest BCUT2D eigenvalue weighted by Gasteiger charge is -1.95. The van der Waals surface area contributed by atoms with Crippen LogP contribution in [0.1, 0.15) is 5.56 Å². The predicted octanol–water partition coefficient (Wildman–Crippen LogP) is 3.53. The number of hydrogen-bond donors (Lipinski definition) is 0. The highest BCUT2D eigenvalue weighted by Gasteiger charge is 1.98. The van der Waals surface area contributed by atoms with E-state index < -0.39 is 0 Å². The normalized spacial score (nSPS) is 10.9. The Balaban J connectivity index is 2.24. The molecule has 80 valence electrons. The van der Waals surface area contributed by atoms with Crippen molar-refractivity contribution in [3.63, 3.8) is 0 Å². The van der Waals surface area contributed by atoms with Gasteiger partial charge in [-0.05, 0) is 17.2 Å². The quantitative estimate of drug-likeness (QED) is 0.465. The summed E-state index contributed by atoms with van der Waals surface area (Å²) in [5, 5.41) is 0.368. The van der Waals surface area contributed by atoms with Crippen molar-refractivity contribution in [3.05, 3.63) is 52.4 Å². The van der Waals surface area contributed by atoms with Crippen LogP contribution in [0.2, 0.25) is 10.4 Å². The first-order chi connectivity index (χ1) is 7.74. The Bertz CT molecular complexity index is 492. The van der Waals surface area contributed by atoms with E-state index in [1.54, 1.807) is 12.3 Å². The van der Waals surface area contributed by atoms with Crippen molar-refractivity contribution >= 4 is 35.2 Å². The largest absolute Gasteiger partial charge is 0.236 e. The lowest BCUT2D eigenvalue weighted by Crippen LogP contribution is -1.84. The summed E-state index contributed by atoms with van der Waals surface area (Å²) in [4.78, 5) is 11.8. The van der Waals surface area contributed by atoms with E-state index in [1.807, 2.05) is 30.3 Å². The zero-order chi connectivity index (χ0) is 11.4. The highest BCUT2D eigenvalue weighted by Crippen LogP contribution is 2.16. The topological polar surface area (TPSA) is 38.1 Å². The summed E-state index contributed by atoms with van der Waals surface area (Å²) >= 11 is 11.4. The lowest BCUT2D eigenvalue weighted by atomic mass is 10.2. The van der Waals surface area contributed by atoms with Crippen molar-refractivity contribution in [1.29, 1.82) is 0 Å². The van der Waals surface area contributed by atoms with Gasteiger partial charge in [0.15, 0.2) is 5.82 Å². The molecule has 16 heavy (non-hydrogen) atoms. The Morgan fingerprint density at radius 1 is 1.06 bits per heavy atom. The van der Waals surface area contributed by atoms with Gasteiger partial charge in [0.1, 0.15) is 5.15 Å². The maximum Gasteiger partial charge on any atom is 0.225 e. The van der Waals surface area contributed by atoms with Gasteiger partial charge in [0.25, 0.3) is 0 Å². The van der Waals surface area contributed by atoms with Crippen LogP contribution >= 0.6 is 23.2 Å². The van der Waals surface area contributed by atoms with Gasteiger partial charge in [0, 0.05) is 12.3 Å². The van der Waals surface area contributed by atoms with Crippen LogP contribution in [0.4, 0.5) is 5.82 Å². The van der Waals surface area contributed by atoms with Crippen molar-refractivity contribution in [2.45, 2.75) is 0 Å². The molecular formula is C11H7Cl2N3. The maximum absolute atomic E-state index is 5.72. The number of halogens is 2. The predicted molar refractivity (Wildman–Crippen MR) is 65.7 cm³/mol. The highest BCUT2D eigenvalue weighted by atomic mass is 35.5. The molecule has 0 atom stereocenters. The Kier molecular flexibility index (Phi) is 3.49. The summed E-state index contributed by atoms with van der Waals surface area (Å²) in [5.74, 6) is 0.439. The minimum atomic E-state index is 0.0905. The Labute approximate surface area is 103 Å². The van der Waals surface area contributed by atoms with Crippen LogP contribution in [0.5, 0.6) is 0 Å². The molecule has 0 saturated heterocycles. The number of nitrogens with zero attached hydrogens (tertiary/aromatic N) is 3. The molecule has 1 aromatic carbocycles. The molecule has 0 radical (unpaired) electrons. The van der Waals surface area contributed by atoms with Crippen LogP contribution in [0.15, 0.2) is 41.4 Å². The Morgan fingerprint density at radius 2 is 1.81 bits per heavy atom. The van der Waals surface area contributed by atoms with Crippen molar-refractivity contribution in [3.8, 4) is 0 Å². The third-order valence-corrected chi connectivity index (χ3v) is 2.16. The third-order valence-electron chi connectivity index (χ3n) is 1.80. The zero-order valence-electron chi connectivity index (χ0n) is 8.14. The summed E-state index contributed by atoms with van der Waals surface area (Å²) in [5.41, 5.74) is 0.980. The molecule has 5 heteroatoms. The van der Waals surface area contributed by atoms with E-state index in [0.29, 0.717) is 5.82 Å². The fraction of sp³-hybridized carbons (Fsp3) is 0. The molecular weight excluding hydrogens is 245 g/mol. The van der Waals surface area contributed by atoms with Gasteiger partial charge in [0.2, 0.25) is 5.28 Å². The fourth-order valence-corrected chi connectivity index (χ4v) is 1.52. The van der Waals surface area contributed by atoms with Gasteiger partial charge in [-0.2, -0.15) is 4.98 Å². The van der Waals surface area contributed by atoms with Crippen LogP contribution in [0.3, 0.4) is 0 Å². The molecule has 2 rings (SSSR count). The third kappa shape index (κ3) is 3.02. The van der Waals surface area contributed by atoms with Gasteiger partial charge in [-0.1, -0.05) is 41.9 Å². The molecule has 0 saturated carbocycles. The van der Waals surface area contributed by atoms with Crippen molar-refractivity contribution in [2.24, 2.45) is 4.99 Å². The van der Waals surface area contributed by atoms with Gasteiger partial charge in [0.05, 0.1) is 0 Å². The molecule has 2 aromatic rings. The first kappa shape index (κ1) is 11.0. The highest BCUT2D eigenvalue weighted by molar-refractivity contribution is 6.32. The average Bonchev–Trinajstić information content (AvgIpc) is 2.27. The van der Waals surface area contributed by atoms with Gasteiger partial charge < -0.3 is 0 Å². The minimum absolute atomic E-state index is 0.0905. The number of benzene rings is 1. The molecule has 0 unspecified atom stereocenters. The van der Waals surface area contributed by atoms with Gasteiger partial charge in [-0.3, -0.25) is 0 Å². The molecule has 1 heterocycles. The molecule has 0 aliphatic carbocycles. The van der Waals surface area contributed by atoms with Crippen LogP contribution in [0.25, 0.3) is 0 Å². The molecule has 0 bridgehead atoms. The van der Waals surface area contributed by atoms with Crippen LogP contribution in [-0.2, 0) is 0 Å². The molecule has 0 aliphatic heterocycles. The molecule has 0 fully saturated rings. The van der Waals surface area contributed by atoms with Crippen LogP contribution in [-0.4, -0.2) is 16.2 Å². The molecule has 1 aromatic heterocycles. The van der Waals surface area contributed by atoms with E-state index >= 15 is 0 Å². The fourth-order valence-electron chi connectivity index (χ4n) is 1.12. The summed E-state index contributed by atoms with van der Waals surface area (Å²) in [6.07, 6.45) is 1.69. The smallest absolute Gasteiger partial charge is 0.225 e. The number of aromatic nitrogens is 2. The minimum Gasteiger partial charge on any atom is -0.236 e.